The third-order valence-corrected chi connectivity index (χ3v) is 4.22. The van der Waals surface area contributed by atoms with Gasteiger partial charge >= 0.3 is 0 Å². The number of amides is 1. The van der Waals surface area contributed by atoms with E-state index in [-0.39, 0.29) is 18.3 Å². The number of benzene rings is 2. The zero-order valence-electron chi connectivity index (χ0n) is 16.4. The Balaban J connectivity index is 0.00000392. The number of hydrogen-bond donors (Lipinski definition) is 2. The smallest absolute Gasteiger partial charge is 0.255 e. The maximum absolute atomic E-state index is 12.6. The molecule has 0 spiro atoms. The Morgan fingerprint density at radius 3 is 2.50 bits per heavy atom. The molecule has 0 saturated carbocycles. The van der Waals surface area contributed by atoms with E-state index in [0.717, 1.165) is 6.42 Å². The molecule has 28 heavy (non-hydrogen) atoms. The lowest BCUT2D eigenvalue weighted by Gasteiger charge is -2.15. The van der Waals surface area contributed by atoms with E-state index in [2.05, 4.69) is 19.2 Å². The normalized spacial score (nSPS) is 10.2. The molecule has 0 bridgehead atoms. The first-order valence-electron chi connectivity index (χ1n) is 8.61. The van der Waals surface area contributed by atoms with Gasteiger partial charge in [-0.15, -0.1) is 12.4 Å². The Morgan fingerprint density at radius 2 is 1.89 bits per heavy atom. The molecule has 0 heterocycles. The standard InChI is InChI=1S/C20H25ClN2O4.ClH/c1-12(2)7-8-27-19-15(21)9-13(10-18(19)26-4)20(24)23-17-11-14(25-3)5-6-16(17)22;/h5-6,9-12H,7-8,22H2,1-4H3,(H,23,24);1H. The number of hydrogen-bond acceptors (Lipinski definition) is 5. The second-order valence-corrected chi connectivity index (χ2v) is 6.83. The molecule has 0 aliphatic rings. The molecule has 0 aromatic heterocycles. The van der Waals surface area contributed by atoms with Crippen molar-refractivity contribution in [2.45, 2.75) is 20.3 Å². The van der Waals surface area contributed by atoms with Crippen LogP contribution in [0.25, 0.3) is 0 Å². The van der Waals surface area contributed by atoms with Gasteiger partial charge in [0, 0.05) is 11.6 Å². The molecule has 2 aromatic rings. The summed E-state index contributed by atoms with van der Waals surface area (Å²) < 4.78 is 16.3. The van der Waals surface area contributed by atoms with E-state index < -0.39 is 0 Å². The average molecular weight is 429 g/mol. The Morgan fingerprint density at radius 1 is 1.18 bits per heavy atom. The molecule has 0 saturated heterocycles. The second kappa shape index (κ2) is 10.9. The maximum Gasteiger partial charge on any atom is 0.255 e. The Labute approximate surface area is 176 Å². The zero-order valence-corrected chi connectivity index (χ0v) is 17.9. The molecule has 6 nitrogen and oxygen atoms in total. The number of ether oxygens (including phenoxy) is 3. The summed E-state index contributed by atoms with van der Waals surface area (Å²) in [6.07, 6.45) is 0.886. The third kappa shape index (κ3) is 6.11. The van der Waals surface area contributed by atoms with E-state index in [1.165, 1.54) is 7.11 Å². The number of halogens is 2. The van der Waals surface area contributed by atoms with E-state index in [0.29, 0.717) is 51.7 Å². The van der Waals surface area contributed by atoms with Crippen LogP contribution in [0, 0.1) is 5.92 Å². The molecule has 0 unspecified atom stereocenters. The summed E-state index contributed by atoms with van der Waals surface area (Å²) in [5.74, 6) is 1.55. The molecule has 8 heteroatoms. The quantitative estimate of drug-likeness (QED) is 0.575. The monoisotopic (exact) mass is 428 g/mol. The van der Waals surface area contributed by atoms with Crippen LogP contribution in [0.15, 0.2) is 30.3 Å². The number of rotatable bonds is 8. The summed E-state index contributed by atoms with van der Waals surface area (Å²) in [5.41, 5.74) is 7.13. The summed E-state index contributed by atoms with van der Waals surface area (Å²) in [5, 5.41) is 3.07. The number of nitrogen functional groups attached to an aromatic ring is 1. The highest BCUT2D eigenvalue weighted by Crippen LogP contribution is 2.37. The van der Waals surface area contributed by atoms with Crippen molar-refractivity contribution in [3.05, 3.63) is 40.9 Å². The SMILES string of the molecule is COc1ccc(N)c(NC(=O)c2cc(Cl)c(OCCC(C)C)c(OC)c2)c1.Cl. The van der Waals surface area contributed by atoms with Crippen LogP contribution >= 0.6 is 24.0 Å². The maximum atomic E-state index is 12.6. The predicted octanol–water partition coefficient (Wildman–Crippen LogP) is 5.04. The summed E-state index contributed by atoms with van der Waals surface area (Å²) in [7, 11) is 3.04. The summed E-state index contributed by atoms with van der Waals surface area (Å²) in [4.78, 5) is 12.6. The van der Waals surface area contributed by atoms with Gasteiger partial charge in [0.1, 0.15) is 5.75 Å². The largest absolute Gasteiger partial charge is 0.497 e. The lowest BCUT2D eigenvalue weighted by Crippen LogP contribution is -2.14. The first-order chi connectivity index (χ1) is 12.8. The molecule has 0 fully saturated rings. The van der Waals surface area contributed by atoms with E-state index in [1.54, 1.807) is 37.4 Å². The highest BCUT2D eigenvalue weighted by atomic mass is 35.5. The van der Waals surface area contributed by atoms with Crippen LogP contribution in [0.4, 0.5) is 11.4 Å². The summed E-state index contributed by atoms with van der Waals surface area (Å²) in [6, 6.07) is 8.15. The predicted molar refractivity (Wildman–Crippen MR) is 116 cm³/mol. The molecule has 2 aromatic carbocycles. The van der Waals surface area contributed by atoms with Crippen LogP contribution in [0.3, 0.4) is 0 Å². The topological polar surface area (TPSA) is 82.8 Å². The minimum atomic E-state index is -0.371. The minimum Gasteiger partial charge on any atom is -0.497 e. The lowest BCUT2D eigenvalue weighted by atomic mass is 10.1. The van der Waals surface area contributed by atoms with Crippen molar-refractivity contribution in [1.82, 2.24) is 0 Å². The molecular formula is C20H26Cl2N2O4. The van der Waals surface area contributed by atoms with Gasteiger partial charge in [-0.3, -0.25) is 4.79 Å². The van der Waals surface area contributed by atoms with Crippen LogP contribution < -0.4 is 25.3 Å². The number of methoxy groups -OCH3 is 2. The van der Waals surface area contributed by atoms with Gasteiger partial charge in [0.05, 0.1) is 37.2 Å². The molecule has 0 aliphatic carbocycles. The van der Waals surface area contributed by atoms with Crippen molar-refractivity contribution in [3.8, 4) is 17.2 Å². The summed E-state index contributed by atoms with van der Waals surface area (Å²) in [6.45, 7) is 4.74. The summed E-state index contributed by atoms with van der Waals surface area (Å²) >= 11 is 6.32. The Kier molecular flexibility index (Phi) is 9.22. The van der Waals surface area contributed by atoms with Gasteiger partial charge in [0.2, 0.25) is 0 Å². The first-order valence-corrected chi connectivity index (χ1v) is 8.98. The molecule has 0 aliphatic heterocycles. The second-order valence-electron chi connectivity index (χ2n) is 6.43. The van der Waals surface area contributed by atoms with Crippen molar-refractivity contribution in [3.63, 3.8) is 0 Å². The van der Waals surface area contributed by atoms with Gasteiger partial charge in [-0.25, -0.2) is 0 Å². The third-order valence-electron chi connectivity index (χ3n) is 3.94. The fraction of sp³-hybridized carbons (Fsp3) is 0.350. The van der Waals surface area contributed by atoms with Gasteiger partial charge in [-0.05, 0) is 36.6 Å². The van der Waals surface area contributed by atoms with Crippen LogP contribution in [-0.2, 0) is 0 Å². The van der Waals surface area contributed by atoms with E-state index in [1.807, 2.05) is 0 Å². The van der Waals surface area contributed by atoms with Gasteiger partial charge in [0.15, 0.2) is 11.5 Å². The lowest BCUT2D eigenvalue weighted by molar-refractivity contribution is 0.102. The zero-order chi connectivity index (χ0) is 20.0. The van der Waals surface area contributed by atoms with Crippen molar-refractivity contribution >= 4 is 41.3 Å². The molecule has 1 amide bonds. The van der Waals surface area contributed by atoms with Gasteiger partial charge in [-0.2, -0.15) is 0 Å². The number of anilines is 2. The molecule has 3 N–H and O–H groups in total. The van der Waals surface area contributed by atoms with Gasteiger partial charge in [-0.1, -0.05) is 25.4 Å². The van der Waals surface area contributed by atoms with Crippen LogP contribution in [-0.4, -0.2) is 26.7 Å². The number of nitrogens with two attached hydrogens (primary N) is 1. The Bertz CT molecular complexity index is 813. The van der Waals surface area contributed by atoms with E-state index in [9.17, 15) is 4.79 Å². The number of carbonyl (C=O) groups excluding carboxylic acids is 1. The van der Waals surface area contributed by atoms with Crippen LogP contribution in [0.1, 0.15) is 30.6 Å². The van der Waals surface area contributed by atoms with E-state index in [4.69, 9.17) is 31.5 Å². The highest BCUT2D eigenvalue weighted by Gasteiger charge is 2.17. The van der Waals surface area contributed by atoms with Crippen molar-refractivity contribution in [1.29, 1.82) is 0 Å². The molecule has 0 radical (unpaired) electrons. The van der Waals surface area contributed by atoms with Gasteiger partial charge < -0.3 is 25.3 Å². The molecular weight excluding hydrogens is 403 g/mol. The first kappa shape index (κ1) is 23.7. The van der Waals surface area contributed by atoms with Crippen molar-refractivity contribution < 1.29 is 19.0 Å². The van der Waals surface area contributed by atoms with Crippen LogP contribution in [0.5, 0.6) is 17.2 Å². The fourth-order valence-electron chi connectivity index (χ4n) is 2.35. The number of carbonyl (C=O) groups is 1. The van der Waals surface area contributed by atoms with Gasteiger partial charge in [0.25, 0.3) is 5.91 Å². The minimum absolute atomic E-state index is 0. The molecule has 154 valence electrons. The van der Waals surface area contributed by atoms with Crippen molar-refractivity contribution in [2.75, 3.05) is 31.9 Å². The van der Waals surface area contributed by atoms with Crippen molar-refractivity contribution in [2.24, 2.45) is 5.92 Å². The molecule has 2 rings (SSSR count). The van der Waals surface area contributed by atoms with E-state index >= 15 is 0 Å². The molecule has 0 atom stereocenters. The van der Waals surface area contributed by atoms with Crippen LogP contribution in [0.2, 0.25) is 5.02 Å². The fourth-order valence-corrected chi connectivity index (χ4v) is 2.62. The average Bonchev–Trinajstić information content (AvgIpc) is 2.64. The Hall–Kier alpha value is -2.31. The highest BCUT2D eigenvalue weighted by molar-refractivity contribution is 6.32. The number of nitrogens with one attached hydrogen (secondary N) is 1.